The fourth-order valence-corrected chi connectivity index (χ4v) is 3.10. The number of rotatable bonds is 14. The van der Waals surface area contributed by atoms with Crippen LogP contribution in [0.3, 0.4) is 0 Å². The number of aryl methyl sites for hydroxylation is 1. The van der Waals surface area contributed by atoms with Gasteiger partial charge in [-0.1, -0.05) is 76.8 Å². The van der Waals surface area contributed by atoms with Gasteiger partial charge in [-0.05, 0) is 18.6 Å². The molecule has 27 heavy (non-hydrogen) atoms. The van der Waals surface area contributed by atoms with Crippen LogP contribution in [0.15, 0.2) is 46.9 Å². The van der Waals surface area contributed by atoms with E-state index in [1.807, 2.05) is 36.0 Å². The summed E-state index contributed by atoms with van der Waals surface area (Å²) in [5, 5.41) is 12.1. The number of hydrogen-bond acceptors (Lipinski definition) is 4. The Balaban J connectivity index is 1.62. The maximum absolute atomic E-state index is 4.36. The molecule has 0 saturated carbocycles. The highest BCUT2D eigenvalue weighted by molar-refractivity contribution is 5.64. The highest BCUT2D eigenvalue weighted by Crippen LogP contribution is 2.26. The number of nitrogens with zero attached hydrogens (tertiary/aromatic N) is 4. The predicted molar refractivity (Wildman–Crippen MR) is 114 cm³/mol. The minimum atomic E-state index is 0.611. The Hall–Kier alpha value is -2.17. The molecule has 5 nitrogen and oxygen atoms in total. The third-order valence-electron chi connectivity index (χ3n) is 4.79. The van der Waals surface area contributed by atoms with E-state index in [1.54, 1.807) is 6.20 Å². The molecule has 0 aliphatic heterocycles. The molecule has 0 amide bonds. The van der Waals surface area contributed by atoms with Gasteiger partial charge < -0.3 is 9.88 Å². The standard InChI is InChI=1S/C22H35N5/c1-3-4-5-6-7-8-9-10-11-14-17-23-20-15-12-13-16-21(20)25-26-22-24-18-19-27(22)2/h12-13,15-16,18-19,23H,3-11,14,17H2,1-2H3. The zero-order valence-electron chi connectivity index (χ0n) is 17.0. The van der Waals surface area contributed by atoms with Gasteiger partial charge in [0.15, 0.2) is 0 Å². The molecule has 5 heteroatoms. The number of aromatic nitrogens is 2. The largest absolute Gasteiger partial charge is 0.383 e. The number of benzene rings is 1. The summed E-state index contributed by atoms with van der Waals surface area (Å²) >= 11 is 0. The van der Waals surface area contributed by atoms with Crippen LogP contribution in [-0.2, 0) is 7.05 Å². The molecule has 0 aliphatic carbocycles. The van der Waals surface area contributed by atoms with Gasteiger partial charge in [-0.2, -0.15) is 0 Å². The number of hydrogen-bond donors (Lipinski definition) is 1. The summed E-state index contributed by atoms with van der Waals surface area (Å²) in [6.45, 7) is 3.25. The lowest BCUT2D eigenvalue weighted by atomic mass is 10.1. The second-order valence-corrected chi connectivity index (χ2v) is 7.16. The first-order valence-corrected chi connectivity index (χ1v) is 10.5. The van der Waals surface area contributed by atoms with Crippen LogP contribution in [0.25, 0.3) is 0 Å². The molecule has 0 spiro atoms. The topological polar surface area (TPSA) is 54.6 Å². The van der Waals surface area contributed by atoms with Gasteiger partial charge >= 0.3 is 0 Å². The van der Waals surface area contributed by atoms with Gasteiger partial charge in [0.2, 0.25) is 5.95 Å². The molecule has 1 aromatic heterocycles. The van der Waals surface area contributed by atoms with Gasteiger partial charge in [-0.15, -0.1) is 10.2 Å². The van der Waals surface area contributed by atoms with Gasteiger partial charge in [0, 0.05) is 26.0 Å². The monoisotopic (exact) mass is 369 g/mol. The van der Waals surface area contributed by atoms with Crippen molar-refractivity contribution in [2.45, 2.75) is 71.1 Å². The van der Waals surface area contributed by atoms with Crippen molar-refractivity contribution >= 4 is 17.3 Å². The average molecular weight is 370 g/mol. The Morgan fingerprint density at radius 3 is 2.22 bits per heavy atom. The second-order valence-electron chi connectivity index (χ2n) is 7.16. The Bertz CT molecular complexity index is 662. The van der Waals surface area contributed by atoms with Crippen molar-refractivity contribution in [1.29, 1.82) is 0 Å². The van der Waals surface area contributed by atoms with Crippen LogP contribution in [0.4, 0.5) is 17.3 Å². The van der Waals surface area contributed by atoms with E-state index in [1.165, 1.54) is 64.2 Å². The molecule has 2 aromatic rings. The Kier molecular flexibility index (Phi) is 10.2. The van der Waals surface area contributed by atoms with Crippen LogP contribution in [0.2, 0.25) is 0 Å². The summed E-state index contributed by atoms with van der Waals surface area (Å²) in [6.07, 6.45) is 17.2. The summed E-state index contributed by atoms with van der Waals surface area (Å²) in [5.41, 5.74) is 1.89. The van der Waals surface area contributed by atoms with Gasteiger partial charge in [0.1, 0.15) is 5.69 Å². The Morgan fingerprint density at radius 2 is 1.56 bits per heavy atom. The van der Waals surface area contributed by atoms with Crippen LogP contribution in [0.1, 0.15) is 71.1 Å². The molecule has 0 bridgehead atoms. The average Bonchev–Trinajstić information content (AvgIpc) is 3.10. The van der Waals surface area contributed by atoms with Crippen molar-refractivity contribution in [2.24, 2.45) is 17.3 Å². The van der Waals surface area contributed by atoms with Gasteiger partial charge in [-0.3, -0.25) is 0 Å². The number of unbranched alkanes of at least 4 members (excludes halogenated alkanes) is 9. The van der Waals surface area contributed by atoms with Crippen molar-refractivity contribution < 1.29 is 0 Å². The normalized spacial score (nSPS) is 11.3. The highest BCUT2D eigenvalue weighted by Gasteiger charge is 2.01. The number of anilines is 1. The summed E-state index contributed by atoms with van der Waals surface area (Å²) in [4.78, 5) is 4.17. The lowest BCUT2D eigenvalue weighted by molar-refractivity contribution is 0.560. The molecule has 1 heterocycles. The van der Waals surface area contributed by atoms with E-state index >= 15 is 0 Å². The number of azo groups is 1. The maximum Gasteiger partial charge on any atom is 0.249 e. The minimum absolute atomic E-state index is 0.611. The lowest BCUT2D eigenvalue weighted by Gasteiger charge is -2.08. The lowest BCUT2D eigenvalue weighted by Crippen LogP contribution is -2.01. The van der Waals surface area contributed by atoms with E-state index in [-0.39, 0.29) is 0 Å². The summed E-state index contributed by atoms with van der Waals surface area (Å²) in [6, 6.07) is 8.05. The predicted octanol–water partition coefficient (Wildman–Crippen LogP) is 7.17. The van der Waals surface area contributed by atoms with Crippen molar-refractivity contribution in [3.05, 3.63) is 36.7 Å². The molecule has 0 aliphatic rings. The fraction of sp³-hybridized carbons (Fsp3) is 0.591. The first kappa shape index (κ1) is 21.1. The number of nitrogens with one attached hydrogen (secondary N) is 1. The molecule has 0 saturated heterocycles. The van der Waals surface area contributed by atoms with Crippen LogP contribution in [-0.4, -0.2) is 16.1 Å². The Labute approximate surface area is 164 Å². The Morgan fingerprint density at radius 1 is 0.889 bits per heavy atom. The minimum Gasteiger partial charge on any atom is -0.383 e. The highest BCUT2D eigenvalue weighted by atomic mass is 15.2. The molecule has 0 unspecified atom stereocenters. The second kappa shape index (κ2) is 13.1. The number of para-hydroxylation sites is 1. The molecule has 2 rings (SSSR count). The molecule has 0 fully saturated rings. The summed E-state index contributed by atoms with van der Waals surface area (Å²) in [5.74, 6) is 0.611. The molecule has 0 atom stereocenters. The third kappa shape index (κ3) is 8.37. The molecule has 148 valence electrons. The first-order valence-electron chi connectivity index (χ1n) is 10.5. The van der Waals surface area contributed by atoms with E-state index in [2.05, 4.69) is 33.5 Å². The molecular weight excluding hydrogens is 334 g/mol. The maximum atomic E-state index is 4.36. The van der Waals surface area contributed by atoms with Crippen LogP contribution >= 0.6 is 0 Å². The van der Waals surface area contributed by atoms with E-state index in [9.17, 15) is 0 Å². The zero-order chi connectivity index (χ0) is 19.2. The van der Waals surface area contributed by atoms with E-state index in [0.29, 0.717) is 5.95 Å². The van der Waals surface area contributed by atoms with Crippen LogP contribution < -0.4 is 5.32 Å². The van der Waals surface area contributed by atoms with E-state index in [4.69, 9.17) is 0 Å². The molecule has 0 radical (unpaired) electrons. The fourth-order valence-electron chi connectivity index (χ4n) is 3.10. The SMILES string of the molecule is CCCCCCCCCCCCNc1ccccc1N=Nc1nccn1C. The van der Waals surface area contributed by atoms with Crippen LogP contribution in [0, 0.1) is 0 Å². The molecule has 1 aromatic carbocycles. The molecular formula is C22H35N5. The molecule has 1 N–H and O–H groups in total. The zero-order valence-corrected chi connectivity index (χ0v) is 17.0. The summed E-state index contributed by atoms with van der Waals surface area (Å²) in [7, 11) is 1.91. The smallest absolute Gasteiger partial charge is 0.249 e. The van der Waals surface area contributed by atoms with Gasteiger partial charge in [0.05, 0.1) is 5.69 Å². The van der Waals surface area contributed by atoms with Gasteiger partial charge in [-0.25, -0.2) is 4.98 Å². The first-order chi connectivity index (χ1) is 13.3. The quantitative estimate of drug-likeness (QED) is 0.283. The third-order valence-corrected chi connectivity index (χ3v) is 4.79. The van der Waals surface area contributed by atoms with Crippen molar-refractivity contribution in [2.75, 3.05) is 11.9 Å². The van der Waals surface area contributed by atoms with Crippen LogP contribution in [0.5, 0.6) is 0 Å². The van der Waals surface area contributed by atoms with Crippen molar-refractivity contribution in [3.8, 4) is 0 Å². The summed E-state index contributed by atoms with van der Waals surface area (Å²) < 4.78 is 1.85. The van der Waals surface area contributed by atoms with E-state index in [0.717, 1.165) is 17.9 Å². The van der Waals surface area contributed by atoms with Gasteiger partial charge in [0.25, 0.3) is 0 Å². The number of imidazole rings is 1. The van der Waals surface area contributed by atoms with E-state index < -0.39 is 0 Å². The van der Waals surface area contributed by atoms with Crippen molar-refractivity contribution in [1.82, 2.24) is 9.55 Å². The van der Waals surface area contributed by atoms with Crippen molar-refractivity contribution in [3.63, 3.8) is 0 Å².